The lowest BCUT2D eigenvalue weighted by Crippen LogP contribution is -2.29. The molecule has 9 heteroatoms. The number of hydrogen-bond donors (Lipinski definition) is 0. The number of sulfonamides is 1. The number of para-hydroxylation sites is 1. The number of nitrogens with zero attached hydrogens (tertiary/aromatic N) is 3. The van der Waals surface area contributed by atoms with E-state index in [1.54, 1.807) is 24.3 Å². The smallest absolute Gasteiger partial charge is 0.264 e. The zero-order valence-electron chi connectivity index (χ0n) is 14.6. The third kappa shape index (κ3) is 5.15. The van der Waals surface area contributed by atoms with Crippen molar-refractivity contribution in [3.63, 3.8) is 0 Å². The van der Waals surface area contributed by atoms with E-state index < -0.39 is 10.0 Å². The quantitative estimate of drug-likeness (QED) is 0.522. The fourth-order valence-electron chi connectivity index (χ4n) is 2.28. The van der Waals surface area contributed by atoms with Crippen LogP contribution in [0.4, 0.5) is 0 Å². The first-order valence-electron chi connectivity index (χ1n) is 8.16. The second-order valence-electron chi connectivity index (χ2n) is 5.74. The summed E-state index contributed by atoms with van der Waals surface area (Å²) in [6.45, 7) is 0.390. The molecular weight excluding hydrogens is 434 g/mol. The van der Waals surface area contributed by atoms with Crippen molar-refractivity contribution in [1.82, 2.24) is 14.4 Å². The molecule has 0 unspecified atom stereocenters. The van der Waals surface area contributed by atoms with Crippen molar-refractivity contribution < 1.29 is 17.7 Å². The zero-order chi connectivity index (χ0) is 19.3. The normalized spacial score (nSPS) is 11.7. The summed E-state index contributed by atoms with van der Waals surface area (Å²) in [7, 11) is -2.04. The third-order valence-corrected chi connectivity index (χ3v) is 6.19. The molecule has 3 rings (SSSR count). The lowest BCUT2D eigenvalue weighted by molar-refractivity contribution is 0.242. The number of hydrogen-bond acceptors (Lipinski definition) is 6. The van der Waals surface area contributed by atoms with Gasteiger partial charge in [-0.05, 0) is 36.4 Å². The molecule has 0 amide bonds. The Labute approximate surface area is 166 Å². The molecule has 0 spiro atoms. The van der Waals surface area contributed by atoms with Gasteiger partial charge in [-0.15, -0.1) is 0 Å². The lowest BCUT2D eigenvalue weighted by Gasteiger charge is -2.16. The van der Waals surface area contributed by atoms with Gasteiger partial charge < -0.3 is 9.26 Å². The van der Waals surface area contributed by atoms with Crippen LogP contribution in [0.5, 0.6) is 5.75 Å². The van der Waals surface area contributed by atoms with E-state index in [1.165, 1.54) is 11.4 Å². The predicted octanol–water partition coefficient (Wildman–Crippen LogP) is 3.27. The maximum atomic E-state index is 12.6. The number of likely N-dealkylation sites (N-methyl/N-ethyl adjacent to an activating group) is 1. The fourth-order valence-corrected chi connectivity index (χ4v) is 3.71. The van der Waals surface area contributed by atoms with E-state index in [1.807, 2.05) is 30.3 Å². The lowest BCUT2D eigenvalue weighted by atomic mass is 10.3. The minimum Gasteiger partial charge on any atom is -0.484 e. The zero-order valence-corrected chi connectivity index (χ0v) is 17.0. The summed E-state index contributed by atoms with van der Waals surface area (Å²) in [5, 5.41) is 3.87. The molecule has 7 nitrogen and oxygen atoms in total. The fraction of sp³-hybridized carbons (Fsp3) is 0.222. The third-order valence-electron chi connectivity index (χ3n) is 3.79. The van der Waals surface area contributed by atoms with Crippen LogP contribution >= 0.6 is 15.9 Å². The van der Waals surface area contributed by atoms with Crippen molar-refractivity contribution in [2.24, 2.45) is 0 Å². The first-order valence-corrected chi connectivity index (χ1v) is 10.4. The molecule has 0 radical (unpaired) electrons. The van der Waals surface area contributed by atoms with Crippen LogP contribution in [0.25, 0.3) is 0 Å². The summed E-state index contributed by atoms with van der Waals surface area (Å²) in [6, 6.07) is 15.8. The van der Waals surface area contributed by atoms with E-state index in [2.05, 4.69) is 26.1 Å². The van der Waals surface area contributed by atoms with Crippen LogP contribution in [0.3, 0.4) is 0 Å². The molecule has 2 aromatic carbocycles. The highest BCUT2D eigenvalue weighted by Crippen LogP contribution is 2.18. The molecule has 0 N–H and O–H groups in total. The SMILES string of the molecule is CN(CCc1noc(COc2ccccc2)n1)S(=O)(=O)c1ccc(Br)cc1. The van der Waals surface area contributed by atoms with Gasteiger partial charge in [0.2, 0.25) is 10.0 Å². The summed E-state index contributed by atoms with van der Waals surface area (Å²) in [4.78, 5) is 4.47. The van der Waals surface area contributed by atoms with Crippen molar-refractivity contribution >= 4 is 26.0 Å². The number of ether oxygens (including phenoxy) is 1. The van der Waals surface area contributed by atoms with Crippen LogP contribution in [-0.2, 0) is 23.1 Å². The summed E-state index contributed by atoms with van der Waals surface area (Å²) in [5.41, 5.74) is 0. The van der Waals surface area contributed by atoms with Gasteiger partial charge in [0, 0.05) is 24.5 Å². The predicted molar refractivity (Wildman–Crippen MR) is 103 cm³/mol. The average molecular weight is 452 g/mol. The average Bonchev–Trinajstić information content (AvgIpc) is 3.13. The van der Waals surface area contributed by atoms with Crippen LogP contribution < -0.4 is 4.74 Å². The first kappa shape index (κ1) is 19.5. The van der Waals surface area contributed by atoms with E-state index in [4.69, 9.17) is 9.26 Å². The minimum atomic E-state index is -3.56. The van der Waals surface area contributed by atoms with Crippen LogP contribution in [0.15, 0.2) is 68.5 Å². The Morgan fingerprint density at radius 2 is 1.81 bits per heavy atom. The first-order chi connectivity index (χ1) is 12.9. The monoisotopic (exact) mass is 451 g/mol. The van der Waals surface area contributed by atoms with Gasteiger partial charge in [-0.25, -0.2) is 12.7 Å². The highest BCUT2D eigenvalue weighted by molar-refractivity contribution is 9.10. The molecule has 0 aliphatic carbocycles. The van der Waals surface area contributed by atoms with E-state index in [0.717, 1.165) is 4.47 Å². The van der Waals surface area contributed by atoms with E-state index in [0.29, 0.717) is 23.9 Å². The summed E-state index contributed by atoms with van der Waals surface area (Å²) < 4.78 is 37.9. The maximum Gasteiger partial charge on any atom is 0.264 e. The van der Waals surface area contributed by atoms with Crippen molar-refractivity contribution in [1.29, 1.82) is 0 Å². The van der Waals surface area contributed by atoms with Crippen LogP contribution in [-0.4, -0.2) is 36.5 Å². The highest BCUT2D eigenvalue weighted by Gasteiger charge is 2.21. The molecule has 3 aromatic rings. The van der Waals surface area contributed by atoms with Gasteiger partial charge in [0.15, 0.2) is 12.4 Å². The van der Waals surface area contributed by atoms with Crippen molar-refractivity contribution in [2.75, 3.05) is 13.6 Å². The molecule has 0 atom stereocenters. The maximum absolute atomic E-state index is 12.6. The Morgan fingerprint density at radius 1 is 1.11 bits per heavy atom. The van der Waals surface area contributed by atoms with Gasteiger partial charge in [-0.2, -0.15) is 4.98 Å². The van der Waals surface area contributed by atoms with Crippen molar-refractivity contribution in [2.45, 2.75) is 17.9 Å². The van der Waals surface area contributed by atoms with Crippen LogP contribution in [0.2, 0.25) is 0 Å². The molecular formula is C18H18BrN3O4S. The van der Waals surface area contributed by atoms with Gasteiger partial charge in [-0.3, -0.25) is 0 Å². The van der Waals surface area contributed by atoms with Crippen LogP contribution in [0.1, 0.15) is 11.7 Å². The molecule has 142 valence electrons. The van der Waals surface area contributed by atoms with Gasteiger partial charge >= 0.3 is 0 Å². The Kier molecular flexibility index (Phi) is 6.25. The van der Waals surface area contributed by atoms with Gasteiger partial charge in [0.1, 0.15) is 5.75 Å². The second-order valence-corrected chi connectivity index (χ2v) is 8.70. The largest absolute Gasteiger partial charge is 0.484 e. The highest BCUT2D eigenvalue weighted by atomic mass is 79.9. The Balaban J connectivity index is 1.55. The van der Waals surface area contributed by atoms with Gasteiger partial charge in [0.05, 0.1) is 4.90 Å². The van der Waals surface area contributed by atoms with Crippen molar-refractivity contribution in [3.05, 3.63) is 70.8 Å². The van der Waals surface area contributed by atoms with E-state index >= 15 is 0 Å². The molecule has 0 aliphatic heterocycles. The number of aromatic nitrogens is 2. The van der Waals surface area contributed by atoms with Crippen molar-refractivity contribution in [3.8, 4) is 5.75 Å². The van der Waals surface area contributed by atoms with E-state index in [-0.39, 0.29) is 18.0 Å². The Hall–Kier alpha value is -2.23. The molecule has 0 bridgehead atoms. The van der Waals surface area contributed by atoms with Gasteiger partial charge in [-0.1, -0.05) is 39.3 Å². The Bertz CT molecular complexity index is 975. The topological polar surface area (TPSA) is 85.5 Å². The Morgan fingerprint density at radius 3 is 2.52 bits per heavy atom. The molecule has 0 saturated heterocycles. The molecule has 0 saturated carbocycles. The number of rotatable bonds is 8. The molecule has 0 aliphatic rings. The number of benzene rings is 2. The summed E-state index contributed by atoms with van der Waals surface area (Å²) in [6.07, 6.45) is 0.334. The minimum absolute atomic E-state index is 0.157. The standard InChI is InChI=1S/C18H18BrN3O4S/c1-22(27(23,24)16-9-7-14(19)8-10-16)12-11-17-20-18(26-21-17)13-25-15-5-3-2-4-6-15/h2-10H,11-13H2,1H3. The molecule has 0 fully saturated rings. The van der Waals surface area contributed by atoms with Gasteiger partial charge in [0.25, 0.3) is 5.89 Å². The second kappa shape index (κ2) is 8.64. The summed E-state index contributed by atoms with van der Waals surface area (Å²) in [5.74, 6) is 1.48. The number of halogens is 1. The summed E-state index contributed by atoms with van der Waals surface area (Å²) >= 11 is 3.29. The molecule has 1 heterocycles. The molecule has 27 heavy (non-hydrogen) atoms. The van der Waals surface area contributed by atoms with E-state index in [9.17, 15) is 8.42 Å². The molecule has 1 aromatic heterocycles. The van der Waals surface area contributed by atoms with Crippen LogP contribution in [0, 0.1) is 0 Å².